The molecule has 4 heteroatoms. The first-order valence-electron chi connectivity index (χ1n) is 9.24. The highest BCUT2D eigenvalue weighted by atomic mass is 19.1. The predicted molar refractivity (Wildman–Crippen MR) is 94.8 cm³/mol. The number of nitriles is 1. The number of rotatable bonds is 9. The Kier molecular flexibility index (Phi) is 7.91. The van der Waals surface area contributed by atoms with Crippen LogP contribution in [0.2, 0.25) is 0 Å². The van der Waals surface area contributed by atoms with E-state index in [1.165, 1.54) is 56.9 Å². The summed E-state index contributed by atoms with van der Waals surface area (Å²) in [6.45, 7) is 4.30. The second-order valence-corrected chi connectivity index (χ2v) is 7.00. The van der Waals surface area contributed by atoms with E-state index in [-0.39, 0.29) is 0 Å². The summed E-state index contributed by atoms with van der Waals surface area (Å²) in [5, 5.41) is 8.71. The Labute approximate surface area is 149 Å². The number of nitrogens with zero attached hydrogens (tertiary/aromatic N) is 1. The fourth-order valence-electron chi connectivity index (χ4n) is 3.76. The predicted octanol–water partition coefficient (Wildman–Crippen LogP) is 5.91. The summed E-state index contributed by atoms with van der Waals surface area (Å²) < 4.78 is 32.4. The standard InChI is InChI=1S/C21H27F2NO/c1-2-25-12-4-3-5-16-6-8-17(9-7-16)10-11-18-13-20(22)19(15-24)21(23)14-18/h2,13-14,16-17H,1,3-12H2. The summed E-state index contributed by atoms with van der Waals surface area (Å²) in [5.74, 6) is -0.0461. The highest BCUT2D eigenvalue weighted by Gasteiger charge is 2.21. The van der Waals surface area contributed by atoms with Gasteiger partial charge < -0.3 is 4.74 Å². The second-order valence-electron chi connectivity index (χ2n) is 7.00. The van der Waals surface area contributed by atoms with Gasteiger partial charge in [0.25, 0.3) is 0 Å². The molecular formula is C21H27F2NO. The number of hydrogen-bond donors (Lipinski definition) is 0. The molecule has 1 aromatic carbocycles. The molecule has 2 rings (SSSR count). The molecule has 0 heterocycles. The van der Waals surface area contributed by atoms with Gasteiger partial charge in [0.2, 0.25) is 0 Å². The van der Waals surface area contributed by atoms with E-state index in [4.69, 9.17) is 10.00 Å². The average molecular weight is 347 g/mol. The van der Waals surface area contributed by atoms with Gasteiger partial charge in [-0.3, -0.25) is 0 Å². The van der Waals surface area contributed by atoms with E-state index >= 15 is 0 Å². The van der Waals surface area contributed by atoms with Crippen molar-refractivity contribution in [1.82, 2.24) is 0 Å². The molecule has 1 aliphatic carbocycles. The van der Waals surface area contributed by atoms with Crippen molar-refractivity contribution in [1.29, 1.82) is 5.26 Å². The minimum absolute atomic E-state index is 0.484. The molecule has 0 unspecified atom stereocenters. The Morgan fingerprint density at radius 3 is 2.24 bits per heavy atom. The molecular weight excluding hydrogens is 320 g/mol. The molecule has 0 aromatic heterocycles. The number of hydrogen-bond acceptors (Lipinski definition) is 2. The zero-order valence-corrected chi connectivity index (χ0v) is 14.8. The molecule has 1 fully saturated rings. The van der Waals surface area contributed by atoms with Crippen molar-refractivity contribution < 1.29 is 13.5 Å². The van der Waals surface area contributed by atoms with Gasteiger partial charge in [-0.15, -0.1) is 0 Å². The molecule has 0 N–H and O–H groups in total. The van der Waals surface area contributed by atoms with Crippen LogP contribution in [0.5, 0.6) is 0 Å². The molecule has 1 saturated carbocycles. The Balaban J connectivity index is 1.69. The topological polar surface area (TPSA) is 33.0 Å². The van der Waals surface area contributed by atoms with Crippen LogP contribution in [0.25, 0.3) is 0 Å². The number of unbranched alkanes of at least 4 members (excludes halogenated alkanes) is 1. The molecule has 25 heavy (non-hydrogen) atoms. The van der Waals surface area contributed by atoms with Gasteiger partial charge in [0.15, 0.2) is 0 Å². The second kappa shape index (κ2) is 10.2. The van der Waals surface area contributed by atoms with Crippen molar-refractivity contribution in [3.05, 3.63) is 47.7 Å². The largest absolute Gasteiger partial charge is 0.502 e. The van der Waals surface area contributed by atoms with Gasteiger partial charge in [0, 0.05) is 0 Å². The van der Waals surface area contributed by atoms with E-state index in [0.717, 1.165) is 25.4 Å². The van der Waals surface area contributed by atoms with Crippen molar-refractivity contribution in [3.8, 4) is 6.07 Å². The highest BCUT2D eigenvalue weighted by molar-refractivity contribution is 5.35. The minimum Gasteiger partial charge on any atom is -0.502 e. The van der Waals surface area contributed by atoms with Crippen molar-refractivity contribution >= 4 is 0 Å². The van der Waals surface area contributed by atoms with Crippen LogP contribution in [0.3, 0.4) is 0 Å². The van der Waals surface area contributed by atoms with Crippen molar-refractivity contribution in [2.45, 2.75) is 57.8 Å². The van der Waals surface area contributed by atoms with Crippen LogP contribution >= 0.6 is 0 Å². The molecule has 136 valence electrons. The molecule has 2 nitrogen and oxygen atoms in total. The zero-order valence-electron chi connectivity index (χ0n) is 14.8. The van der Waals surface area contributed by atoms with Crippen LogP contribution in [0.4, 0.5) is 8.78 Å². The van der Waals surface area contributed by atoms with E-state index in [1.54, 1.807) is 6.07 Å². The van der Waals surface area contributed by atoms with Gasteiger partial charge in [-0.05, 0) is 55.2 Å². The Bertz CT molecular complexity index is 577. The zero-order chi connectivity index (χ0) is 18.1. The third-order valence-corrected chi connectivity index (χ3v) is 5.26. The fraction of sp³-hybridized carbons (Fsp3) is 0.571. The Morgan fingerprint density at radius 2 is 1.68 bits per heavy atom. The number of ether oxygens (including phenoxy) is 1. The van der Waals surface area contributed by atoms with Crippen LogP contribution in [-0.4, -0.2) is 6.61 Å². The number of benzene rings is 1. The van der Waals surface area contributed by atoms with E-state index in [1.807, 2.05) is 0 Å². The van der Waals surface area contributed by atoms with Gasteiger partial charge in [-0.1, -0.05) is 38.7 Å². The first-order valence-corrected chi connectivity index (χ1v) is 9.24. The molecule has 0 radical (unpaired) electrons. The van der Waals surface area contributed by atoms with Crippen LogP contribution in [-0.2, 0) is 11.2 Å². The molecule has 1 aromatic rings. The third-order valence-electron chi connectivity index (χ3n) is 5.26. The van der Waals surface area contributed by atoms with Gasteiger partial charge in [-0.2, -0.15) is 5.26 Å². The highest BCUT2D eigenvalue weighted by Crippen LogP contribution is 2.34. The summed E-state index contributed by atoms with van der Waals surface area (Å²) in [5.41, 5.74) is 0.168. The van der Waals surface area contributed by atoms with Crippen molar-refractivity contribution in [3.63, 3.8) is 0 Å². The normalized spacial score (nSPS) is 20.0. The average Bonchev–Trinajstić information content (AvgIpc) is 2.60. The SMILES string of the molecule is C=COCCCCC1CCC(CCc2cc(F)c(C#N)c(F)c2)CC1. The smallest absolute Gasteiger partial charge is 0.144 e. The molecule has 0 saturated heterocycles. The quantitative estimate of drug-likeness (QED) is 0.411. The summed E-state index contributed by atoms with van der Waals surface area (Å²) in [6.07, 6.45) is 11.6. The first kappa shape index (κ1) is 19.4. The molecule has 0 aliphatic heterocycles. The lowest BCUT2D eigenvalue weighted by Crippen LogP contribution is -2.15. The van der Waals surface area contributed by atoms with Gasteiger partial charge in [0.05, 0.1) is 12.9 Å². The summed E-state index contributed by atoms with van der Waals surface area (Å²) in [4.78, 5) is 0. The molecule has 1 aliphatic rings. The molecule has 0 spiro atoms. The molecule has 0 bridgehead atoms. The number of halogens is 2. The number of aryl methyl sites for hydroxylation is 1. The third kappa shape index (κ3) is 6.16. The van der Waals surface area contributed by atoms with Crippen molar-refractivity contribution in [2.24, 2.45) is 11.8 Å². The summed E-state index contributed by atoms with van der Waals surface area (Å²) >= 11 is 0. The van der Waals surface area contributed by atoms with Crippen LogP contribution in [0.15, 0.2) is 25.0 Å². The van der Waals surface area contributed by atoms with E-state index in [9.17, 15) is 8.78 Å². The van der Waals surface area contributed by atoms with Gasteiger partial charge in [-0.25, -0.2) is 8.78 Å². The van der Waals surface area contributed by atoms with Crippen LogP contribution < -0.4 is 0 Å². The molecule has 0 atom stereocenters. The lowest BCUT2D eigenvalue weighted by Gasteiger charge is -2.28. The lowest BCUT2D eigenvalue weighted by atomic mass is 9.78. The first-order chi connectivity index (χ1) is 12.1. The maximum atomic E-state index is 13.6. The maximum Gasteiger partial charge on any atom is 0.144 e. The fourth-order valence-corrected chi connectivity index (χ4v) is 3.76. The van der Waals surface area contributed by atoms with E-state index in [0.29, 0.717) is 17.9 Å². The summed E-state index contributed by atoms with van der Waals surface area (Å²) in [7, 11) is 0. The van der Waals surface area contributed by atoms with Crippen molar-refractivity contribution in [2.75, 3.05) is 6.61 Å². The van der Waals surface area contributed by atoms with Gasteiger partial charge >= 0.3 is 0 Å². The Morgan fingerprint density at radius 1 is 1.08 bits per heavy atom. The van der Waals surface area contributed by atoms with E-state index in [2.05, 4.69) is 6.58 Å². The monoisotopic (exact) mass is 347 g/mol. The van der Waals surface area contributed by atoms with Gasteiger partial charge in [0.1, 0.15) is 23.3 Å². The summed E-state index contributed by atoms with van der Waals surface area (Å²) in [6, 6.07) is 4.17. The van der Waals surface area contributed by atoms with E-state index < -0.39 is 17.2 Å². The van der Waals surface area contributed by atoms with Crippen LogP contribution in [0, 0.1) is 34.8 Å². The lowest BCUT2D eigenvalue weighted by molar-refractivity contribution is 0.222. The maximum absolute atomic E-state index is 13.6. The Hall–Kier alpha value is -1.89. The van der Waals surface area contributed by atoms with Crippen LogP contribution in [0.1, 0.15) is 62.5 Å². The molecule has 0 amide bonds. The minimum atomic E-state index is -0.748.